The molecule has 0 heterocycles. The van der Waals surface area contributed by atoms with Crippen LogP contribution in [0.5, 0.6) is 0 Å². The number of alkyl carbamates (subject to hydrolysis) is 1. The van der Waals surface area contributed by atoms with Crippen molar-refractivity contribution in [2.45, 2.75) is 59.5 Å². The van der Waals surface area contributed by atoms with Crippen LogP contribution in [-0.4, -0.2) is 37.4 Å². The average Bonchev–Trinajstić information content (AvgIpc) is 2.33. The zero-order valence-corrected chi connectivity index (χ0v) is 14.6. The number of primary amides is 1. The highest BCUT2D eigenvalue weighted by atomic mass is 16.6. The third-order valence-electron chi connectivity index (χ3n) is 3.18. The van der Waals surface area contributed by atoms with Gasteiger partial charge >= 0.3 is 6.09 Å². The molecule has 0 saturated carbocycles. The Morgan fingerprint density at radius 1 is 1.18 bits per heavy atom. The number of nitrogens with two attached hydrogens (primary N) is 1. The molecule has 0 bridgehead atoms. The Kier molecular flexibility index (Phi) is 9.81. The van der Waals surface area contributed by atoms with Crippen molar-refractivity contribution >= 4 is 12.0 Å². The molecule has 1 atom stereocenters. The van der Waals surface area contributed by atoms with Gasteiger partial charge in [0.05, 0.1) is 6.61 Å². The van der Waals surface area contributed by atoms with Gasteiger partial charge in [0.15, 0.2) is 0 Å². The molecule has 0 aliphatic rings. The van der Waals surface area contributed by atoms with Gasteiger partial charge in [-0.3, -0.25) is 4.79 Å². The number of ether oxygens (including phenoxy) is 2. The van der Waals surface area contributed by atoms with Crippen LogP contribution in [0.25, 0.3) is 0 Å². The lowest BCUT2D eigenvalue weighted by molar-refractivity contribution is -0.119. The number of rotatable bonds is 10. The quantitative estimate of drug-likeness (QED) is 0.606. The van der Waals surface area contributed by atoms with E-state index in [9.17, 15) is 9.59 Å². The molecule has 3 N–H and O–H groups in total. The molecule has 6 nitrogen and oxygen atoms in total. The molecule has 0 aromatic carbocycles. The summed E-state index contributed by atoms with van der Waals surface area (Å²) in [5.74, 6) is 0.489. The molecule has 1 unspecified atom stereocenters. The third-order valence-corrected chi connectivity index (χ3v) is 3.18. The van der Waals surface area contributed by atoms with Gasteiger partial charge in [0.2, 0.25) is 5.91 Å². The number of amides is 2. The lowest BCUT2D eigenvalue weighted by Crippen LogP contribution is -2.34. The topological polar surface area (TPSA) is 90.7 Å². The second-order valence-electron chi connectivity index (χ2n) is 6.86. The van der Waals surface area contributed by atoms with Crippen molar-refractivity contribution in [2.24, 2.45) is 17.6 Å². The summed E-state index contributed by atoms with van der Waals surface area (Å²) in [6, 6.07) is 0. The summed E-state index contributed by atoms with van der Waals surface area (Å²) in [6.07, 6.45) is 1.79. The van der Waals surface area contributed by atoms with Crippen LogP contribution in [-0.2, 0) is 14.3 Å². The second-order valence-corrected chi connectivity index (χ2v) is 6.86. The fraction of sp³-hybridized carbons (Fsp3) is 0.875. The van der Waals surface area contributed by atoms with Gasteiger partial charge in [0.1, 0.15) is 5.60 Å². The standard InChI is InChI=1S/C16H32N2O4/c1-12(2)13(11-14(17)19)7-6-9-21-10-8-18-15(20)22-16(3,4)5/h12-13H,6-11H2,1-5H3,(H2,17,19)(H,18,20). The number of nitrogens with one attached hydrogen (secondary N) is 1. The maximum atomic E-state index is 11.4. The van der Waals surface area contributed by atoms with E-state index >= 15 is 0 Å². The first-order chi connectivity index (χ1) is 10.1. The van der Waals surface area contributed by atoms with Gasteiger partial charge in [0.25, 0.3) is 0 Å². The summed E-state index contributed by atoms with van der Waals surface area (Å²) in [5, 5.41) is 2.64. The Balaban J connectivity index is 3.64. The molecule has 0 fully saturated rings. The molecular weight excluding hydrogens is 284 g/mol. The Labute approximate surface area is 134 Å². The highest BCUT2D eigenvalue weighted by Gasteiger charge is 2.16. The van der Waals surface area contributed by atoms with Crippen molar-refractivity contribution in [2.75, 3.05) is 19.8 Å². The lowest BCUT2D eigenvalue weighted by atomic mass is 9.88. The van der Waals surface area contributed by atoms with E-state index in [2.05, 4.69) is 19.2 Å². The minimum absolute atomic E-state index is 0.249. The maximum absolute atomic E-state index is 11.4. The minimum atomic E-state index is -0.489. The number of carbonyl (C=O) groups excluding carboxylic acids is 2. The molecule has 0 saturated heterocycles. The van der Waals surface area contributed by atoms with Crippen LogP contribution in [0.4, 0.5) is 4.79 Å². The fourth-order valence-electron chi connectivity index (χ4n) is 2.02. The van der Waals surface area contributed by atoms with Crippen LogP contribution in [0, 0.1) is 11.8 Å². The second kappa shape index (κ2) is 10.4. The van der Waals surface area contributed by atoms with Gasteiger partial charge in [0, 0.05) is 19.6 Å². The van der Waals surface area contributed by atoms with Crippen molar-refractivity contribution in [3.63, 3.8) is 0 Å². The van der Waals surface area contributed by atoms with Gasteiger partial charge < -0.3 is 20.5 Å². The molecule has 0 aliphatic carbocycles. The molecule has 0 rings (SSSR count). The van der Waals surface area contributed by atoms with Gasteiger partial charge in [-0.2, -0.15) is 0 Å². The monoisotopic (exact) mass is 316 g/mol. The molecule has 22 heavy (non-hydrogen) atoms. The third kappa shape index (κ3) is 12.4. The van der Waals surface area contributed by atoms with Crippen LogP contribution >= 0.6 is 0 Å². The molecular formula is C16H32N2O4. The normalized spacial score (nSPS) is 13.0. The average molecular weight is 316 g/mol. The maximum Gasteiger partial charge on any atom is 0.407 e. The largest absolute Gasteiger partial charge is 0.444 e. The molecule has 2 amide bonds. The zero-order valence-electron chi connectivity index (χ0n) is 14.6. The SMILES string of the molecule is CC(C)C(CCCOCCNC(=O)OC(C)(C)C)CC(N)=O. The smallest absolute Gasteiger partial charge is 0.407 e. The van der Waals surface area contributed by atoms with Crippen molar-refractivity contribution in [1.29, 1.82) is 0 Å². The first kappa shape index (κ1) is 20.7. The number of hydrogen-bond acceptors (Lipinski definition) is 4. The fourth-order valence-corrected chi connectivity index (χ4v) is 2.02. The van der Waals surface area contributed by atoms with E-state index in [1.165, 1.54) is 0 Å². The van der Waals surface area contributed by atoms with Crippen molar-refractivity contribution in [3.8, 4) is 0 Å². The predicted molar refractivity (Wildman–Crippen MR) is 86.4 cm³/mol. The van der Waals surface area contributed by atoms with E-state index in [1.807, 2.05) is 20.8 Å². The van der Waals surface area contributed by atoms with E-state index in [0.717, 1.165) is 12.8 Å². The van der Waals surface area contributed by atoms with Gasteiger partial charge in [-0.1, -0.05) is 13.8 Å². The number of hydrogen-bond donors (Lipinski definition) is 2. The van der Waals surface area contributed by atoms with E-state index in [4.69, 9.17) is 15.2 Å². The molecule has 0 aliphatic heterocycles. The molecule has 6 heteroatoms. The van der Waals surface area contributed by atoms with Gasteiger partial charge in [-0.15, -0.1) is 0 Å². The summed E-state index contributed by atoms with van der Waals surface area (Å²) in [7, 11) is 0. The Morgan fingerprint density at radius 2 is 1.82 bits per heavy atom. The van der Waals surface area contributed by atoms with E-state index < -0.39 is 11.7 Å². The van der Waals surface area contributed by atoms with Crippen LogP contribution in [0.1, 0.15) is 53.9 Å². The zero-order chi connectivity index (χ0) is 17.2. The summed E-state index contributed by atoms with van der Waals surface area (Å²) >= 11 is 0. The first-order valence-corrected chi connectivity index (χ1v) is 7.94. The van der Waals surface area contributed by atoms with Crippen LogP contribution in [0.15, 0.2) is 0 Å². The minimum Gasteiger partial charge on any atom is -0.444 e. The van der Waals surface area contributed by atoms with Gasteiger partial charge in [-0.05, 0) is 45.4 Å². The summed E-state index contributed by atoms with van der Waals surface area (Å²) < 4.78 is 10.6. The Morgan fingerprint density at radius 3 is 2.32 bits per heavy atom. The van der Waals surface area contributed by atoms with Gasteiger partial charge in [-0.25, -0.2) is 4.79 Å². The van der Waals surface area contributed by atoms with E-state index in [-0.39, 0.29) is 5.91 Å². The van der Waals surface area contributed by atoms with Crippen molar-refractivity contribution in [3.05, 3.63) is 0 Å². The van der Waals surface area contributed by atoms with E-state index in [0.29, 0.717) is 38.0 Å². The highest BCUT2D eigenvalue weighted by molar-refractivity contribution is 5.74. The predicted octanol–water partition coefficient (Wildman–Crippen LogP) is 2.46. The number of carbonyl (C=O) groups is 2. The summed E-state index contributed by atoms with van der Waals surface area (Å²) in [6.45, 7) is 11.1. The summed E-state index contributed by atoms with van der Waals surface area (Å²) in [5.41, 5.74) is 4.76. The highest BCUT2D eigenvalue weighted by Crippen LogP contribution is 2.20. The molecule has 0 aromatic rings. The van der Waals surface area contributed by atoms with Crippen molar-refractivity contribution in [1.82, 2.24) is 5.32 Å². The van der Waals surface area contributed by atoms with Crippen molar-refractivity contribution < 1.29 is 19.1 Å². The van der Waals surface area contributed by atoms with Crippen LogP contribution in [0.2, 0.25) is 0 Å². The van der Waals surface area contributed by atoms with Crippen LogP contribution < -0.4 is 11.1 Å². The van der Waals surface area contributed by atoms with E-state index in [1.54, 1.807) is 0 Å². The summed E-state index contributed by atoms with van der Waals surface area (Å²) in [4.78, 5) is 22.4. The molecule has 130 valence electrons. The molecule has 0 aromatic heterocycles. The molecule has 0 spiro atoms. The lowest BCUT2D eigenvalue weighted by Gasteiger charge is -2.20. The molecule has 0 radical (unpaired) electrons. The Bertz CT molecular complexity index is 338. The van der Waals surface area contributed by atoms with Crippen LogP contribution in [0.3, 0.4) is 0 Å². The first-order valence-electron chi connectivity index (χ1n) is 7.94. The Hall–Kier alpha value is -1.30.